The van der Waals surface area contributed by atoms with Gasteiger partial charge >= 0.3 is 6.03 Å². The molecule has 1 atom stereocenters. The number of piperidine rings is 1. The highest BCUT2D eigenvalue weighted by atomic mass is 16.3. The zero-order valence-corrected chi connectivity index (χ0v) is 10.8. The third-order valence-corrected chi connectivity index (χ3v) is 3.39. The van der Waals surface area contributed by atoms with Crippen molar-refractivity contribution in [3.05, 3.63) is 24.2 Å². The number of amides is 2. The van der Waals surface area contributed by atoms with Crippen LogP contribution in [0.5, 0.6) is 0 Å². The number of likely N-dealkylation sites (tertiary alicyclic amines) is 1. The molecule has 100 valence electrons. The maximum absolute atomic E-state index is 11.3. The van der Waals surface area contributed by atoms with E-state index < -0.39 is 0 Å². The molecule has 0 bridgehead atoms. The first-order valence-electron chi connectivity index (χ1n) is 6.54. The van der Waals surface area contributed by atoms with Gasteiger partial charge in [0.1, 0.15) is 5.76 Å². The van der Waals surface area contributed by atoms with Crippen LogP contribution in [0.1, 0.15) is 31.1 Å². The molecule has 1 aromatic rings. The van der Waals surface area contributed by atoms with Gasteiger partial charge in [-0.25, -0.2) is 4.79 Å². The molecule has 2 heterocycles. The molecule has 18 heavy (non-hydrogen) atoms. The summed E-state index contributed by atoms with van der Waals surface area (Å²) in [6.45, 7) is 2.72. The minimum atomic E-state index is -0.149. The summed E-state index contributed by atoms with van der Waals surface area (Å²) in [6, 6.07) is 3.86. The summed E-state index contributed by atoms with van der Waals surface area (Å²) in [6.07, 6.45) is 5.42. The minimum absolute atomic E-state index is 0.137. The average molecular weight is 251 g/mol. The van der Waals surface area contributed by atoms with Crippen molar-refractivity contribution < 1.29 is 9.21 Å². The molecule has 1 aliphatic rings. The van der Waals surface area contributed by atoms with Crippen LogP contribution in [0, 0.1) is 0 Å². The zero-order chi connectivity index (χ0) is 12.8. The van der Waals surface area contributed by atoms with Crippen molar-refractivity contribution in [2.45, 2.75) is 25.3 Å². The van der Waals surface area contributed by atoms with E-state index in [9.17, 15) is 4.79 Å². The van der Waals surface area contributed by atoms with Crippen LogP contribution in [0.25, 0.3) is 0 Å². The quantitative estimate of drug-likeness (QED) is 0.857. The van der Waals surface area contributed by atoms with Gasteiger partial charge in [0.2, 0.25) is 0 Å². The Hall–Kier alpha value is -1.49. The molecule has 1 aromatic heterocycles. The van der Waals surface area contributed by atoms with Crippen LogP contribution in [0.4, 0.5) is 4.79 Å². The van der Waals surface area contributed by atoms with E-state index in [1.54, 1.807) is 13.3 Å². The molecule has 0 aliphatic carbocycles. The van der Waals surface area contributed by atoms with Crippen molar-refractivity contribution in [1.29, 1.82) is 0 Å². The molecule has 1 unspecified atom stereocenters. The Bertz CT molecular complexity index is 358. The van der Waals surface area contributed by atoms with E-state index in [1.165, 1.54) is 19.3 Å². The Morgan fingerprint density at radius 1 is 1.44 bits per heavy atom. The second kappa shape index (κ2) is 6.44. The van der Waals surface area contributed by atoms with E-state index in [2.05, 4.69) is 15.5 Å². The Kier molecular flexibility index (Phi) is 4.64. The van der Waals surface area contributed by atoms with Crippen LogP contribution in [0.2, 0.25) is 0 Å². The van der Waals surface area contributed by atoms with Gasteiger partial charge in [0.05, 0.1) is 12.3 Å². The van der Waals surface area contributed by atoms with Crippen molar-refractivity contribution in [3.8, 4) is 0 Å². The third-order valence-electron chi connectivity index (χ3n) is 3.39. The predicted molar refractivity (Wildman–Crippen MR) is 69.3 cm³/mol. The van der Waals surface area contributed by atoms with E-state index in [0.29, 0.717) is 6.54 Å². The molecular weight excluding hydrogens is 230 g/mol. The van der Waals surface area contributed by atoms with Crippen molar-refractivity contribution in [2.24, 2.45) is 0 Å². The van der Waals surface area contributed by atoms with Gasteiger partial charge in [-0.05, 0) is 38.1 Å². The maximum Gasteiger partial charge on any atom is 0.314 e. The smallest absolute Gasteiger partial charge is 0.314 e. The lowest BCUT2D eigenvalue weighted by Crippen LogP contribution is -2.42. The standard InChI is InChI=1S/C13H21N3O2/c1-14-13(17)15-10-11(12-6-5-9-18-12)16-7-3-2-4-8-16/h5-6,9,11H,2-4,7-8,10H2,1H3,(H2,14,15,17). The maximum atomic E-state index is 11.3. The van der Waals surface area contributed by atoms with E-state index in [-0.39, 0.29) is 12.1 Å². The number of hydrogen-bond donors (Lipinski definition) is 2. The van der Waals surface area contributed by atoms with Crippen LogP contribution in [0.15, 0.2) is 22.8 Å². The lowest BCUT2D eigenvalue weighted by molar-refractivity contribution is 0.143. The van der Waals surface area contributed by atoms with E-state index in [4.69, 9.17) is 4.42 Å². The average Bonchev–Trinajstić information content (AvgIpc) is 2.94. The first kappa shape index (κ1) is 13.0. The lowest BCUT2D eigenvalue weighted by atomic mass is 10.1. The van der Waals surface area contributed by atoms with E-state index in [1.807, 2.05) is 12.1 Å². The summed E-state index contributed by atoms with van der Waals surface area (Å²) >= 11 is 0. The Morgan fingerprint density at radius 2 is 2.22 bits per heavy atom. The molecule has 2 rings (SSSR count). The first-order chi connectivity index (χ1) is 8.81. The molecule has 0 spiro atoms. The van der Waals surface area contributed by atoms with Gasteiger partial charge in [-0.2, -0.15) is 0 Å². The number of carbonyl (C=O) groups excluding carboxylic acids is 1. The van der Waals surface area contributed by atoms with Gasteiger partial charge < -0.3 is 15.1 Å². The first-order valence-corrected chi connectivity index (χ1v) is 6.54. The highest BCUT2D eigenvalue weighted by molar-refractivity contribution is 5.73. The van der Waals surface area contributed by atoms with Crippen molar-refractivity contribution in [3.63, 3.8) is 0 Å². The van der Waals surface area contributed by atoms with Crippen molar-refractivity contribution in [2.75, 3.05) is 26.7 Å². The van der Waals surface area contributed by atoms with Gasteiger partial charge in [0.25, 0.3) is 0 Å². The number of hydrogen-bond acceptors (Lipinski definition) is 3. The molecule has 0 radical (unpaired) electrons. The number of carbonyl (C=O) groups is 1. The van der Waals surface area contributed by atoms with Crippen molar-refractivity contribution in [1.82, 2.24) is 15.5 Å². The second-order valence-corrected chi connectivity index (χ2v) is 4.59. The SMILES string of the molecule is CNC(=O)NCC(c1ccco1)N1CCCCC1. The fourth-order valence-corrected chi connectivity index (χ4v) is 2.40. The summed E-state index contributed by atoms with van der Waals surface area (Å²) < 4.78 is 5.50. The second-order valence-electron chi connectivity index (χ2n) is 4.59. The van der Waals surface area contributed by atoms with Gasteiger partial charge in [0.15, 0.2) is 0 Å². The number of urea groups is 1. The molecule has 5 heteroatoms. The Balaban J connectivity index is 2.00. The molecular formula is C13H21N3O2. The topological polar surface area (TPSA) is 57.5 Å². The number of furan rings is 1. The summed E-state index contributed by atoms with van der Waals surface area (Å²) in [5.41, 5.74) is 0. The monoisotopic (exact) mass is 251 g/mol. The van der Waals surface area contributed by atoms with Crippen LogP contribution >= 0.6 is 0 Å². The minimum Gasteiger partial charge on any atom is -0.468 e. The van der Waals surface area contributed by atoms with Crippen LogP contribution in [-0.2, 0) is 0 Å². The Labute approximate surface area is 108 Å². The summed E-state index contributed by atoms with van der Waals surface area (Å²) in [7, 11) is 1.62. The van der Waals surface area contributed by atoms with Crippen LogP contribution in [0.3, 0.4) is 0 Å². The molecule has 1 fully saturated rings. The molecule has 5 nitrogen and oxygen atoms in total. The molecule has 0 aromatic carbocycles. The largest absolute Gasteiger partial charge is 0.468 e. The highest BCUT2D eigenvalue weighted by Crippen LogP contribution is 2.24. The molecule has 2 amide bonds. The zero-order valence-electron chi connectivity index (χ0n) is 10.8. The van der Waals surface area contributed by atoms with E-state index in [0.717, 1.165) is 18.8 Å². The van der Waals surface area contributed by atoms with Crippen LogP contribution < -0.4 is 10.6 Å². The molecule has 1 aliphatic heterocycles. The van der Waals surface area contributed by atoms with Gasteiger partial charge in [-0.15, -0.1) is 0 Å². The number of nitrogens with one attached hydrogen (secondary N) is 2. The molecule has 2 N–H and O–H groups in total. The van der Waals surface area contributed by atoms with Gasteiger partial charge in [-0.3, -0.25) is 4.90 Å². The molecule has 0 saturated carbocycles. The fraction of sp³-hybridized carbons (Fsp3) is 0.615. The number of rotatable bonds is 4. The lowest BCUT2D eigenvalue weighted by Gasteiger charge is -2.33. The summed E-state index contributed by atoms with van der Waals surface area (Å²) in [5.74, 6) is 0.924. The Morgan fingerprint density at radius 3 is 2.83 bits per heavy atom. The summed E-state index contributed by atoms with van der Waals surface area (Å²) in [5, 5.41) is 5.44. The van der Waals surface area contributed by atoms with E-state index >= 15 is 0 Å². The normalized spacial score (nSPS) is 18.3. The molecule has 1 saturated heterocycles. The van der Waals surface area contributed by atoms with Gasteiger partial charge in [0, 0.05) is 13.6 Å². The predicted octanol–water partition coefficient (Wildman–Crippen LogP) is 1.74. The third kappa shape index (κ3) is 3.26. The fourth-order valence-electron chi connectivity index (χ4n) is 2.40. The van der Waals surface area contributed by atoms with Crippen LogP contribution in [-0.4, -0.2) is 37.6 Å². The number of nitrogens with zero attached hydrogens (tertiary/aromatic N) is 1. The summed E-state index contributed by atoms with van der Waals surface area (Å²) in [4.78, 5) is 13.7. The highest BCUT2D eigenvalue weighted by Gasteiger charge is 2.24. The van der Waals surface area contributed by atoms with Gasteiger partial charge in [-0.1, -0.05) is 6.42 Å². The van der Waals surface area contributed by atoms with Crippen molar-refractivity contribution >= 4 is 6.03 Å².